The molecule has 26 heavy (non-hydrogen) atoms. The first-order valence-electron chi connectivity index (χ1n) is 9.85. The van der Waals surface area contributed by atoms with E-state index < -0.39 is 0 Å². The third-order valence-electron chi connectivity index (χ3n) is 3.94. The van der Waals surface area contributed by atoms with Crippen molar-refractivity contribution >= 4 is 5.96 Å². The second-order valence-electron chi connectivity index (χ2n) is 7.20. The number of ether oxygens (including phenoxy) is 2. The highest BCUT2D eigenvalue weighted by atomic mass is 16.5. The fourth-order valence-electron chi connectivity index (χ4n) is 2.33. The highest BCUT2D eigenvalue weighted by Crippen LogP contribution is 2.29. The van der Waals surface area contributed by atoms with Crippen molar-refractivity contribution in [3.8, 4) is 5.88 Å². The van der Waals surface area contributed by atoms with Crippen LogP contribution in [0.4, 0.5) is 0 Å². The van der Waals surface area contributed by atoms with Crippen LogP contribution in [0, 0.1) is 11.8 Å². The van der Waals surface area contributed by atoms with Crippen molar-refractivity contribution in [3.05, 3.63) is 23.9 Å². The second-order valence-corrected chi connectivity index (χ2v) is 7.20. The largest absolute Gasteiger partial charge is 0.477 e. The number of rotatable bonds is 12. The smallest absolute Gasteiger partial charge is 0.213 e. The fourth-order valence-corrected chi connectivity index (χ4v) is 2.33. The van der Waals surface area contributed by atoms with Gasteiger partial charge < -0.3 is 20.1 Å². The molecule has 1 aromatic rings. The molecule has 0 aromatic carbocycles. The van der Waals surface area contributed by atoms with Gasteiger partial charge in [0.25, 0.3) is 0 Å². The molecule has 6 nitrogen and oxygen atoms in total. The van der Waals surface area contributed by atoms with Crippen molar-refractivity contribution < 1.29 is 9.47 Å². The maximum atomic E-state index is 5.74. The van der Waals surface area contributed by atoms with Gasteiger partial charge in [-0.2, -0.15) is 0 Å². The molecule has 0 unspecified atom stereocenters. The van der Waals surface area contributed by atoms with Gasteiger partial charge in [-0.3, -0.25) is 0 Å². The molecule has 1 aromatic heterocycles. The van der Waals surface area contributed by atoms with E-state index in [9.17, 15) is 0 Å². The normalized spacial score (nSPS) is 14.5. The lowest BCUT2D eigenvalue weighted by Crippen LogP contribution is -2.38. The van der Waals surface area contributed by atoms with Crippen LogP contribution in [0.5, 0.6) is 5.88 Å². The lowest BCUT2D eigenvalue weighted by atomic mass is 10.2. The Balaban J connectivity index is 1.73. The molecule has 2 N–H and O–H groups in total. The van der Waals surface area contributed by atoms with Gasteiger partial charge in [-0.25, -0.2) is 9.98 Å². The molecule has 1 aliphatic rings. The summed E-state index contributed by atoms with van der Waals surface area (Å²) in [5.74, 6) is 2.84. The average Bonchev–Trinajstić information content (AvgIpc) is 3.45. The van der Waals surface area contributed by atoms with E-state index in [-0.39, 0.29) is 0 Å². The van der Waals surface area contributed by atoms with Crippen LogP contribution in [0.15, 0.2) is 23.3 Å². The van der Waals surface area contributed by atoms with Crippen molar-refractivity contribution in [2.24, 2.45) is 16.8 Å². The SMILES string of the molecule is CCNC(=NCc1ccnc(OCC2CC2)c1)NCCCOCC(C)C. The average molecular weight is 363 g/mol. The molecule has 0 atom stereocenters. The third kappa shape index (κ3) is 9.04. The maximum Gasteiger partial charge on any atom is 0.213 e. The summed E-state index contributed by atoms with van der Waals surface area (Å²) in [4.78, 5) is 8.93. The van der Waals surface area contributed by atoms with Crippen molar-refractivity contribution in [1.29, 1.82) is 0 Å². The third-order valence-corrected chi connectivity index (χ3v) is 3.94. The van der Waals surface area contributed by atoms with Gasteiger partial charge >= 0.3 is 0 Å². The standard InChI is InChI=1S/C20H34N4O2/c1-4-21-20(23-9-5-11-25-14-16(2)3)24-13-18-8-10-22-19(12-18)26-15-17-6-7-17/h8,10,12,16-17H,4-7,9,11,13-15H2,1-3H3,(H2,21,23,24). The summed E-state index contributed by atoms with van der Waals surface area (Å²) in [6.45, 7) is 11.0. The first kappa shape index (κ1) is 20.5. The number of nitrogens with zero attached hydrogens (tertiary/aromatic N) is 2. The molecular formula is C20H34N4O2. The van der Waals surface area contributed by atoms with Crippen LogP contribution < -0.4 is 15.4 Å². The Morgan fingerprint density at radius 1 is 1.35 bits per heavy atom. The summed E-state index contributed by atoms with van der Waals surface area (Å²) in [6, 6.07) is 3.96. The van der Waals surface area contributed by atoms with Crippen molar-refractivity contribution in [1.82, 2.24) is 15.6 Å². The number of hydrogen-bond acceptors (Lipinski definition) is 4. The summed E-state index contributed by atoms with van der Waals surface area (Å²) in [5.41, 5.74) is 1.10. The summed E-state index contributed by atoms with van der Waals surface area (Å²) in [7, 11) is 0. The van der Waals surface area contributed by atoms with Crippen LogP contribution in [-0.2, 0) is 11.3 Å². The zero-order valence-corrected chi connectivity index (χ0v) is 16.5. The Labute approximate surface area is 157 Å². The van der Waals surface area contributed by atoms with Crippen molar-refractivity contribution in [3.63, 3.8) is 0 Å². The molecule has 1 heterocycles. The van der Waals surface area contributed by atoms with Crippen LogP contribution >= 0.6 is 0 Å². The molecule has 6 heteroatoms. The van der Waals surface area contributed by atoms with E-state index in [1.807, 2.05) is 12.1 Å². The summed E-state index contributed by atoms with van der Waals surface area (Å²) < 4.78 is 11.3. The monoisotopic (exact) mass is 362 g/mol. The molecule has 1 aliphatic carbocycles. The van der Waals surface area contributed by atoms with Crippen molar-refractivity contribution in [2.75, 3.05) is 32.9 Å². The zero-order chi connectivity index (χ0) is 18.6. The minimum absolute atomic E-state index is 0.584. The number of hydrogen-bond donors (Lipinski definition) is 2. The highest BCUT2D eigenvalue weighted by molar-refractivity contribution is 5.79. The van der Waals surface area contributed by atoms with E-state index in [1.54, 1.807) is 6.20 Å². The molecular weight excluding hydrogens is 328 g/mol. The number of aromatic nitrogens is 1. The first-order chi connectivity index (χ1) is 12.7. The van der Waals surface area contributed by atoms with Gasteiger partial charge in [-0.15, -0.1) is 0 Å². The quantitative estimate of drug-likeness (QED) is 0.340. The Morgan fingerprint density at radius 3 is 2.92 bits per heavy atom. The lowest BCUT2D eigenvalue weighted by Gasteiger charge is -2.12. The predicted molar refractivity (Wildman–Crippen MR) is 106 cm³/mol. The van der Waals surface area contributed by atoms with Gasteiger partial charge in [0, 0.05) is 38.6 Å². The van der Waals surface area contributed by atoms with E-state index in [2.05, 4.69) is 41.4 Å². The van der Waals surface area contributed by atoms with Gasteiger partial charge in [0.15, 0.2) is 5.96 Å². The Morgan fingerprint density at radius 2 is 2.19 bits per heavy atom. The van der Waals surface area contributed by atoms with Gasteiger partial charge in [0.05, 0.1) is 13.2 Å². The maximum absolute atomic E-state index is 5.74. The summed E-state index contributed by atoms with van der Waals surface area (Å²) >= 11 is 0. The van der Waals surface area contributed by atoms with Gasteiger partial charge in [-0.05, 0) is 49.7 Å². The minimum Gasteiger partial charge on any atom is -0.477 e. The Hall–Kier alpha value is -1.82. The Bertz CT molecular complexity index is 544. The molecule has 1 fully saturated rings. The number of nitrogens with one attached hydrogen (secondary N) is 2. The number of pyridine rings is 1. The molecule has 2 rings (SSSR count). The van der Waals surface area contributed by atoms with Crippen LogP contribution in [0.2, 0.25) is 0 Å². The highest BCUT2D eigenvalue weighted by Gasteiger charge is 2.22. The van der Waals surface area contributed by atoms with Crippen LogP contribution in [-0.4, -0.2) is 43.9 Å². The first-order valence-corrected chi connectivity index (χ1v) is 9.85. The van der Waals surface area contributed by atoms with Gasteiger partial charge in [-0.1, -0.05) is 13.8 Å². The van der Waals surface area contributed by atoms with E-state index in [1.165, 1.54) is 12.8 Å². The van der Waals surface area contributed by atoms with Crippen LogP contribution in [0.3, 0.4) is 0 Å². The van der Waals surface area contributed by atoms with Gasteiger partial charge in [0.2, 0.25) is 5.88 Å². The molecule has 0 bridgehead atoms. The van der Waals surface area contributed by atoms with Crippen LogP contribution in [0.25, 0.3) is 0 Å². The Kier molecular flexibility index (Phi) is 9.24. The molecule has 0 spiro atoms. The van der Waals surface area contributed by atoms with E-state index in [4.69, 9.17) is 9.47 Å². The molecule has 0 aliphatic heterocycles. The van der Waals surface area contributed by atoms with Crippen molar-refractivity contribution in [2.45, 2.75) is 46.6 Å². The number of guanidine groups is 1. The molecule has 146 valence electrons. The minimum atomic E-state index is 0.584. The predicted octanol–water partition coefficient (Wildman–Crippen LogP) is 2.99. The van der Waals surface area contributed by atoms with Gasteiger partial charge in [0.1, 0.15) is 0 Å². The van der Waals surface area contributed by atoms with E-state index >= 15 is 0 Å². The number of aliphatic imine (C=N–C) groups is 1. The second kappa shape index (κ2) is 11.7. The summed E-state index contributed by atoms with van der Waals surface area (Å²) in [5, 5.41) is 6.63. The van der Waals surface area contributed by atoms with E-state index in [0.29, 0.717) is 18.3 Å². The summed E-state index contributed by atoms with van der Waals surface area (Å²) in [6.07, 6.45) is 5.32. The topological polar surface area (TPSA) is 67.8 Å². The molecule has 0 radical (unpaired) electrons. The fraction of sp³-hybridized carbons (Fsp3) is 0.700. The zero-order valence-electron chi connectivity index (χ0n) is 16.5. The lowest BCUT2D eigenvalue weighted by molar-refractivity contribution is 0.108. The van der Waals surface area contributed by atoms with Crippen LogP contribution in [0.1, 0.15) is 45.6 Å². The molecule has 1 saturated carbocycles. The molecule has 0 amide bonds. The van der Waals surface area contributed by atoms with E-state index in [0.717, 1.165) is 56.8 Å². The molecule has 0 saturated heterocycles.